The van der Waals surface area contributed by atoms with Crippen LogP contribution in [-0.4, -0.2) is 49.4 Å². The summed E-state index contributed by atoms with van der Waals surface area (Å²) < 4.78 is 23.6. The molecule has 5 nitrogen and oxygen atoms in total. The first-order valence-electron chi connectivity index (χ1n) is 5.39. The zero-order chi connectivity index (χ0) is 13.3. The van der Waals surface area contributed by atoms with Gasteiger partial charge in [0.1, 0.15) is 5.37 Å². The van der Waals surface area contributed by atoms with Gasteiger partial charge in [-0.2, -0.15) is 11.8 Å². The number of aryl methyl sites for hydroxylation is 1. The quantitative estimate of drug-likeness (QED) is 0.781. The summed E-state index contributed by atoms with van der Waals surface area (Å²) in [5.41, 5.74) is 0.662. The van der Waals surface area contributed by atoms with Crippen LogP contribution in [0.3, 0.4) is 0 Å². The lowest BCUT2D eigenvalue weighted by Crippen LogP contribution is -2.47. The molecule has 0 bridgehead atoms. The van der Waals surface area contributed by atoms with Gasteiger partial charge < -0.3 is 4.90 Å². The number of hydrogen-bond acceptors (Lipinski definition) is 7. The van der Waals surface area contributed by atoms with Crippen molar-refractivity contribution in [3.8, 4) is 0 Å². The van der Waals surface area contributed by atoms with Gasteiger partial charge in [0.05, 0.1) is 10.6 Å². The monoisotopic (exact) mass is 306 g/mol. The van der Waals surface area contributed by atoms with E-state index in [2.05, 4.69) is 4.98 Å². The largest absolute Gasteiger partial charge is 0.329 e. The molecule has 1 atom stereocenters. The minimum absolute atomic E-state index is 0.540. The molecule has 0 amide bonds. The molecule has 1 aromatic rings. The van der Waals surface area contributed by atoms with Crippen LogP contribution >= 0.6 is 23.1 Å². The van der Waals surface area contributed by atoms with E-state index in [-0.39, 0.29) is 0 Å². The van der Waals surface area contributed by atoms with Gasteiger partial charge in [0.25, 0.3) is 0 Å². The Morgan fingerprint density at radius 1 is 1.50 bits per heavy atom. The first-order chi connectivity index (χ1) is 8.43. The second kappa shape index (κ2) is 5.18. The normalized spacial score (nSPS) is 21.0. The van der Waals surface area contributed by atoms with Gasteiger partial charge in [0.2, 0.25) is 0 Å². The maximum absolute atomic E-state index is 11.8. The third-order valence-electron chi connectivity index (χ3n) is 2.75. The molecule has 2 heterocycles. The van der Waals surface area contributed by atoms with Crippen LogP contribution in [0.4, 0.5) is 5.13 Å². The molecule has 1 aliphatic heterocycles. The molecule has 0 radical (unpaired) electrons. The van der Waals surface area contributed by atoms with Gasteiger partial charge in [0, 0.05) is 24.3 Å². The summed E-state index contributed by atoms with van der Waals surface area (Å²) in [6.45, 7) is 2.41. The maximum atomic E-state index is 11.8. The molecule has 2 rings (SSSR count). The third kappa shape index (κ3) is 2.70. The minimum atomic E-state index is -3.15. The number of nitrogens with zero attached hydrogens (tertiary/aromatic N) is 2. The zero-order valence-corrected chi connectivity index (χ0v) is 12.6. The zero-order valence-electron chi connectivity index (χ0n) is 10.1. The SMILES string of the molecule is Cc1nc(N2CCSCC2S(C)(=O)=O)sc1C=O. The maximum Gasteiger partial charge on any atom is 0.187 e. The second-order valence-electron chi connectivity index (χ2n) is 4.12. The van der Waals surface area contributed by atoms with E-state index >= 15 is 0 Å². The molecule has 0 saturated carbocycles. The van der Waals surface area contributed by atoms with Crippen molar-refractivity contribution in [2.75, 3.05) is 29.2 Å². The molecule has 0 spiro atoms. The molecule has 18 heavy (non-hydrogen) atoms. The number of thioether (sulfide) groups is 1. The molecule has 0 N–H and O–H groups in total. The number of aldehydes is 1. The van der Waals surface area contributed by atoms with Crippen molar-refractivity contribution < 1.29 is 13.2 Å². The highest BCUT2D eigenvalue weighted by Crippen LogP contribution is 2.31. The van der Waals surface area contributed by atoms with Gasteiger partial charge >= 0.3 is 0 Å². The fourth-order valence-corrected chi connectivity index (χ4v) is 5.62. The smallest absolute Gasteiger partial charge is 0.187 e. The van der Waals surface area contributed by atoms with Gasteiger partial charge in [-0.1, -0.05) is 11.3 Å². The first-order valence-corrected chi connectivity index (χ1v) is 9.32. The summed E-state index contributed by atoms with van der Waals surface area (Å²) in [6, 6.07) is 0. The van der Waals surface area contributed by atoms with E-state index in [0.29, 0.717) is 28.0 Å². The van der Waals surface area contributed by atoms with E-state index in [4.69, 9.17) is 0 Å². The lowest BCUT2D eigenvalue weighted by molar-refractivity contribution is 0.112. The standard InChI is InChI=1S/C10H14N2O3S3/c1-7-8(5-13)17-10(11-7)12-3-4-16-6-9(12)18(2,14)15/h5,9H,3-4,6H2,1-2H3. The summed E-state index contributed by atoms with van der Waals surface area (Å²) in [6.07, 6.45) is 2.02. The van der Waals surface area contributed by atoms with Crippen LogP contribution in [-0.2, 0) is 9.84 Å². The lowest BCUT2D eigenvalue weighted by atomic mass is 10.4. The van der Waals surface area contributed by atoms with Crippen LogP contribution < -0.4 is 4.90 Å². The van der Waals surface area contributed by atoms with Gasteiger partial charge in [0.15, 0.2) is 21.3 Å². The van der Waals surface area contributed by atoms with Crippen molar-refractivity contribution in [3.63, 3.8) is 0 Å². The number of carbonyl (C=O) groups is 1. The van der Waals surface area contributed by atoms with Crippen molar-refractivity contribution in [1.82, 2.24) is 4.98 Å². The fraction of sp³-hybridized carbons (Fsp3) is 0.600. The van der Waals surface area contributed by atoms with Crippen molar-refractivity contribution in [2.24, 2.45) is 0 Å². The molecule has 0 aliphatic carbocycles. The van der Waals surface area contributed by atoms with Crippen molar-refractivity contribution in [3.05, 3.63) is 10.6 Å². The highest BCUT2D eigenvalue weighted by molar-refractivity contribution is 8.01. The van der Waals surface area contributed by atoms with Crippen molar-refractivity contribution in [2.45, 2.75) is 12.3 Å². The molecular weight excluding hydrogens is 292 g/mol. The summed E-state index contributed by atoms with van der Waals surface area (Å²) in [5.74, 6) is 1.43. The molecule has 0 aromatic carbocycles. The fourth-order valence-electron chi connectivity index (χ4n) is 1.78. The van der Waals surface area contributed by atoms with Crippen LogP contribution in [0.15, 0.2) is 0 Å². The van der Waals surface area contributed by atoms with Gasteiger partial charge in [-0.05, 0) is 6.92 Å². The van der Waals surface area contributed by atoms with Crippen LogP contribution in [0, 0.1) is 6.92 Å². The summed E-state index contributed by atoms with van der Waals surface area (Å²) in [4.78, 5) is 17.5. The Morgan fingerprint density at radius 2 is 2.22 bits per heavy atom. The Bertz CT molecular complexity index is 553. The highest BCUT2D eigenvalue weighted by Gasteiger charge is 2.33. The highest BCUT2D eigenvalue weighted by atomic mass is 32.2. The van der Waals surface area contributed by atoms with Crippen LogP contribution in [0.1, 0.15) is 15.4 Å². The number of thiazole rings is 1. The Hall–Kier alpha value is -0.600. The molecule has 1 fully saturated rings. The minimum Gasteiger partial charge on any atom is -0.329 e. The van der Waals surface area contributed by atoms with E-state index in [1.54, 1.807) is 23.6 Å². The summed E-state index contributed by atoms with van der Waals surface area (Å²) in [5, 5.41) is 0.0895. The predicted octanol–water partition coefficient (Wildman–Crippen LogP) is 1.19. The Balaban J connectivity index is 2.36. The lowest BCUT2D eigenvalue weighted by Gasteiger charge is -2.33. The number of hydrogen-bond donors (Lipinski definition) is 0. The molecule has 1 unspecified atom stereocenters. The van der Waals surface area contributed by atoms with E-state index in [1.165, 1.54) is 17.6 Å². The van der Waals surface area contributed by atoms with Gasteiger partial charge in [-0.25, -0.2) is 13.4 Å². The Labute approximate surface area is 115 Å². The number of anilines is 1. The van der Waals surface area contributed by atoms with Crippen molar-refractivity contribution >= 4 is 44.4 Å². The van der Waals surface area contributed by atoms with Crippen LogP contribution in [0.25, 0.3) is 0 Å². The summed E-state index contributed by atoms with van der Waals surface area (Å²) in [7, 11) is -3.15. The molecule has 100 valence electrons. The van der Waals surface area contributed by atoms with E-state index in [9.17, 15) is 13.2 Å². The Kier molecular flexibility index (Phi) is 3.98. The third-order valence-corrected chi connectivity index (χ3v) is 6.52. The number of carbonyl (C=O) groups excluding carboxylic acids is 1. The number of sulfone groups is 1. The van der Waals surface area contributed by atoms with Crippen LogP contribution in [0.2, 0.25) is 0 Å². The van der Waals surface area contributed by atoms with E-state index in [0.717, 1.165) is 12.0 Å². The topological polar surface area (TPSA) is 67.3 Å². The predicted molar refractivity (Wildman–Crippen MR) is 75.5 cm³/mol. The molecule has 1 aromatic heterocycles. The Morgan fingerprint density at radius 3 is 2.78 bits per heavy atom. The van der Waals surface area contributed by atoms with Gasteiger partial charge in [-0.3, -0.25) is 4.79 Å². The second-order valence-corrected chi connectivity index (χ2v) is 8.48. The van der Waals surface area contributed by atoms with E-state index < -0.39 is 15.2 Å². The summed E-state index contributed by atoms with van der Waals surface area (Å²) >= 11 is 2.89. The van der Waals surface area contributed by atoms with Crippen molar-refractivity contribution in [1.29, 1.82) is 0 Å². The van der Waals surface area contributed by atoms with E-state index in [1.807, 2.05) is 0 Å². The number of rotatable bonds is 3. The molecular formula is C10H14N2O3S3. The molecule has 1 saturated heterocycles. The van der Waals surface area contributed by atoms with Crippen LogP contribution in [0.5, 0.6) is 0 Å². The van der Waals surface area contributed by atoms with Gasteiger partial charge in [-0.15, -0.1) is 0 Å². The average molecular weight is 306 g/mol. The number of aromatic nitrogens is 1. The first kappa shape index (κ1) is 13.8. The average Bonchev–Trinajstić information content (AvgIpc) is 2.69. The molecule has 1 aliphatic rings. The molecule has 8 heteroatoms.